The van der Waals surface area contributed by atoms with Crippen molar-refractivity contribution >= 4 is 33.4 Å². The van der Waals surface area contributed by atoms with Crippen LogP contribution in [0.25, 0.3) is 32.8 Å². The molecule has 0 radical (unpaired) electrons. The van der Waals surface area contributed by atoms with Gasteiger partial charge in [0.25, 0.3) is 0 Å². The minimum Gasteiger partial charge on any atom is -0.508 e. The number of amides is 1. The molecule has 9 nitrogen and oxygen atoms in total. The number of nitrogens with one attached hydrogen (secondary N) is 1. The average Bonchev–Trinajstić information content (AvgIpc) is 3.49. The van der Waals surface area contributed by atoms with E-state index in [2.05, 4.69) is 21.0 Å². The van der Waals surface area contributed by atoms with Gasteiger partial charge in [0, 0.05) is 79.2 Å². The number of phenolic OH excluding ortho intramolecular Hbond substituents is 1. The quantitative estimate of drug-likeness (QED) is 0.270. The van der Waals surface area contributed by atoms with Gasteiger partial charge < -0.3 is 29.9 Å². The molecular weight excluding hydrogens is 619 g/mol. The molecule has 5 heterocycles. The predicted octanol–water partition coefficient (Wildman–Crippen LogP) is 4.93. The van der Waals surface area contributed by atoms with Crippen molar-refractivity contribution in [2.24, 2.45) is 10.8 Å². The third kappa shape index (κ3) is 5.17. The fourth-order valence-corrected chi connectivity index (χ4v) is 9.04. The molecule has 1 saturated carbocycles. The van der Waals surface area contributed by atoms with E-state index in [9.17, 15) is 9.90 Å². The third-order valence-corrected chi connectivity index (χ3v) is 11.9. The summed E-state index contributed by atoms with van der Waals surface area (Å²) in [5.41, 5.74) is 1.37. The Hall–Kier alpha value is -4.46. The number of piperazine rings is 1. The summed E-state index contributed by atoms with van der Waals surface area (Å²) in [7, 11) is 1.91. The van der Waals surface area contributed by atoms with Crippen molar-refractivity contribution in [2.75, 3.05) is 57.8 Å². The lowest BCUT2D eigenvalue weighted by Crippen LogP contribution is -2.51. The van der Waals surface area contributed by atoms with Crippen LogP contribution in [0, 0.1) is 29.0 Å². The van der Waals surface area contributed by atoms with Crippen LogP contribution < -0.4 is 15.0 Å². The van der Waals surface area contributed by atoms with Crippen LogP contribution in [-0.2, 0) is 4.79 Å². The standard InChI is InChI=1S/C39H41FN6O3/c1-3-24-5-4-6-25-17-28(47)18-31(32(24)25)29-9-10-30-34(33(29)40)42-37(43-35(30)46-19-26-7-8-27(20-46)41-26)49-23-38(11-12-38)21-45-16-14-39(22-45)13-15-44(2)36(39)48/h1,4-6,9-10,17-18,26-27,41,47H,7-8,11-16,19-23H2,2H3. The van der Waals surface area contributed by atoms with Crippen LogP contribution in [-0.4, -0.2) is 95.8 Å². The second kappa shape index (κ2) is 11.3. The summed E-state index contributed by atoms with van der Waals surface area (Å²) in [4.78, 5) is 29.2. The summed E-state index contributed by atoms with van der Waals surface area (Å²) in [5.74, 6) is 3.22. The monoisotopic (exact) mass is 660 g/mol. The van der Waals surface area contributed by atoms with Gasteiger partial charge in [0.1, 0.15) is 17.1 Å². The van der Waals surface area contributed by atoms with Gasteiger partial charge in [-0.2, -0.15) is 9.97 Å². The molecule has 3 atom stereocenters. The van der Waals surface area contributed by atoms with E-state index in [-0.39, 0.29) is 34.0 Å². The Morgan fingerprint density at radius 1 is 1.06 bits per heavy atom. The van der Waals surface area contributed by atoms with E-state index in [1.807, 2.05) is 36.2 Å². The van der Waals surface area contributed by atoms with Gasteiger partial charge >= 0.3 is 6.01 Å². The van der Waals surface area contributed by atoms with Gasteiger partial charge in [-0.25, -0.2) is 4.39 Å². The summed E-state index contributed by atoms with van der Waals surface area (Å²) >= 11 is 0. The molecule has 1 amide bonds. The molecule has 4 aliphatic heterocycles. The highest BCUT2D eigenvalue weighted by atomic mass is 19.1. The number of benzene rings is 3. The molecular formula is C39H41FN6O3. The van der Waals surface area contributed by atoms with E-state index in [0.29, 0.717) is 52.0 Å². The van der Waals surface area contributed by atoms with E-state index in [1.165, 1.54) is 0 Å². The maximum absolute atomic E-state index is 17.0. The zero-order valence-electron chi connectivity index (χ0n) is 27.8. The minimum atomic E-state index is -0.502. The first-order valence-corrected chi connectivity index (χ1v) is 17.6. The number of aromatic nitrogens is 2. The van der Waals surface area contributed by atoms with Crippen LogP contribution in [0.3, 0.4) is 0 Å². The number of likely N-dealkylation sites (tertiary alicyclic amines) is 2. The lowest BCUT2D eigenvalue weighted by Gasteiger charge is -2.34. The molecule has 9 rings (SSSR count). The van der Waals surface area contributed by atoms with Gasteiger partial charge in [-0.1, -0.05) is 24.1 Å². The maximum Gasteiger partial charge on any atom is 0.319 e. The number of rotatable bonds is 7. The smallest absolute Gasteiger partial charge is 0.319 e. The molecule has 1 aliphatic carbocycles. The van der Waals surface area contributed by atoms with Gasteiger partial charge in [0.05, 0.1) is 12.0 Å². The number of hydrogen-bond donors (Lipinski definition) is 2. The SMILES string of the molecule is C#Cc1cccc2cc(O)cc(-c3ccc4c(N5CC6CCC(C5)N6)nc(OCC5(CN6CCC7(CCN(C)C7=O)C6)CC5)nc4c3F)c12. The number of fused-ring (bicyclic) bond motifs is 4. The van der Waals surface area contributed by atoms with Crippen molar-refractivity contribution in [1.29, 1.82) is 0 Å². The Balaban J connectivity index is 1.06. The van der Waals surface area contributed by atoms with Gasteiger partial charge in [-0.3, -0.25) is 4.79 Å². The van der Waals surface area contributed by atoms with Crippen molar-refractivity contribution in [3.8, 4) is 35.2 Å². The van der Waals surface area contributed by atoms with Crippen molar-refractivity contribution in [1.82, 2.24) is 25.1 Å². The number of carbonyl (C=O) groups is 1. The second-order valence-corrected chi connectivity index (χ2v) is 15.2. The molecule has 10 heteroatoms. The normalized spacial score (nSPS) is 25.9. The Bertz CT molecular complexity index is 2050. The highest BCUT2D eigenvalue weighted by Gasteiger charge is 2.53. The first kappa shape index (κ1) is 30.6. The molecule has 3 aromatic carbocycles. The molecule has 2 N–H and O–H groups in total. The fraction of sp³-hybridized carbons (Fsp3) is 0.462. The van der Waals surface area contributed by atoms with Crippen molar-refractivity contribution in [3.05, 3.63) is 53.8 Å². The molecule has 1 spiro atoms. The topological polar surface area (TPSA) is 94.1 Å². The van der Waals surface area contributed by atoms with E-state index in [4.69, 9.17) is 21.1 Å². The van der Waals surface area contributed by atoms with Crippen molar-refractivity contribution in [3.63, 3.8) is 0 Å². The number of phenols is 1. The summed E-state index contributed by atoms with van der Waals surface area (Å²) in [6, 6.07) is 13.3. The summed E-state index contributed by atoms with van der Waals surface area (Å²) in [5, 5.41) is 16.4. The molecule has 2 bridgehead atoms. The molecule has 5 aliphatic rings. The number of ether oxygens (including phenoxy) is 1. The highest BCUT2D eigenvalue weighted by molar-refractivity contribution is 6.04. The van der Waals surface area contributed by atoms with E-state index < -0.39 is 5.82 Å². The number of terminal acetylenes is 1. The molecule has 1 aromatic heterocycles. The Morgan fingerprint density at radius 3 is 2.59 bits per heavy atom. The zero-order chi connectivity index (χ0) is 33.5. The van der Waals surface area contributed by atoms with E-state index in [0.717, 1.165) is 83.2 Å². The van der Waals surface area contributed by atoms with Crippen LogP contribution in [0.1, 0.15) is 44.1 Å². The first-order chi connectivity index (χ1) is 23.7. The van der Waals surface area contributed by atoms with E-state index in [1.54, 1.807) is 18.2 Å². The Labute approximate surface area is 285 Å². The molecule has 5 fully saturated rings. The van der Waals surface area contributed by atoms with Crippen LogP contribution in [0.15, 0.2) is 42.5 Å². The fourth-order valence-electron chi connectivity index (χ4n) is 9.04. The Kier molecular flexibility index (Phi) is 7.05. The lowest BCUT2D eigenvalue weighted by molar-refractivity contribution is -0.134. The van der Waals surface area contributed by atoms with Gasteiger partial charge in [0.15, 0.2) is 5.82 Å². The minimum absolute atomic E-state index is 0.0295. The van der Waals surface area contributed by atoms with E-state index >= 15 is 4.39 Å². The number of halogens is 1. The lowest BCUT2D eigenvalue weighted by atomic mass is 9.85. The average molecular weight is 661 g/mol. The maximum atomic E-state index is 17.0. The van der Waals surface area contributed by atoms with Crippen LogP contribution in [0.2, 0.25) is 0 Å². The predicted molar refractivity (Wildman–Crippen MR) is 187 cm³/mol. The number of hydrogen-bond acceptors (Lipinski definition) is 8. The molecule has 4 aromatic rings. The molecule has 3 unspecified atom stereocenters. The van der Waals surface area contributed by atoms with Gasteiger partial charge in [-0.05, 0) is 80.3 Å². The van der Waals surface area contributed by atoms with Crippen LogP contribution in [0.4, 0.5) is 10.2 Å². The number of carbonyl (C=O) groups excluding carboxylic acids is 1. The molecule has 49 heavy (non-hydrogen) atoms. The zero-order valence-corrected chi connectivity index (χ0v) is 27.8. The van der Waals surface area contributed by atoms with Gasteiger partial charge in [0.2, 0.25) is 5.91 Å². The summed E-state index contributed by atoms with van der Waals surface area (Å²) < 4.78 is 23.4. The number of anilines is 1. The summed E-state index contributed by atoms with van der Waals surface area (Å²) in [6.45, 7) is 5.43. The van der Waals surface area contributed by atoms with Crippen LogP contribution in [0.5, 0.6) is 11.8 Å². The third-order valence-electron chi connectivity index (χ3n) is 11.9. The van der Waals surface area contributed by atoms with Crippen LogP contribution >= 0.6 is 0 Å². The molecule has 252 valence electrons. The number of aromatic hydroxyl groups is 1. The highest BCUT2D eigenvalue weighted by Crippen LogP contribution is 2.49. The largest absolute Gasteiger partial charge is 0.508 e. The summed E-state index contributed by atoms with van der Waals surface area (Å²) in [6.07, 6.45) is 12.0. The first-order valence-electron chi connectivity index (χ1n) is 17.6. The Morgan fingerprint density at radius 2 is 1.86 bits per heavy atom. The molecule has 4 saturated heterocycles. The second-order valence-electron chi connectivity index (χ2n) is 15.2. The van der Waals surface area contributed by atoms with Gasteiger partial charge in [-0.15, -0.1) is 6.42 Å². The number of nitrogens with zero attached hydrogens (tertiary/aromatic N) is 5. The van der Waals surface area contributed by atoms with Crippen molar-refractivity contribution in [2.45, 2.75) is 50.6 Å². The van der Waals surface area contributed by atoms with Crippen molar-refractivity contribution < 1.29 is 19.0 Å².